The predicted molar refractivity (Wildman–Crippen MR) is 61.7 cm³/mol. The van der Waals surface area contributed by atoms with E-state index in [9.17, 15) is 4.79 Å². The van der Waals surface area contributed by atoms with Crippen molar-refractivity contribution in [2.24, 2.45) is 0 Å². The quantitative estimate of drug-likeness (QED) is 0.500. The zero-order valence-corrected chi connectivity index (χ0v) is 10.1. The van der Waals surface area contributed by atoms with Crippen molar-refractivity contribution in [3.63, 3.8) is 0 Å². The first kappa shape index (κ1) is 14.1. The lowest BCUT2D eigenvalue weighted by atomic mass is 10.4. The van der Waals surface area contributed by atoms with Crippen LogP contribution in [0.15, 0.2) is 0 Å². The molecule has 0 radical (unpaired) electrons. The van der Waals surface area contributed by atoms with Crippen molar-refractivity contribution < 1.29 is 14.3 Å². The van der Waals surface area contributed by atoms with Crippen molar-refractivity contribution in [3.8, 4) is 0 Å². The van der Waals surface area contributed by atoms with Crippen molar-refractivity contribution in [1.29, 1.82) is 0 Å². The third kappa shape index (κ3) is 8.14. The molecule has 0 heterocycles. The summed E-state index contributed by atoms with van der Waals surface area (Å²) < 4.78 is 9.66. The van der Waals surface area contributed by atoms with Crippen LogP contribution in [0.4, 0.5) is 0 Å². The van der Waals surface area contributed by atoms with E-state index in [0.717, 1.165) is 0 Å². The van der Waals surface area contributed by atoms with Gasteiger partial charge in [0.05, 0.1) is 13.2 Å². The van der Waals surface area contributed by atoms with E-state index < -0.39 is 0 Å². The fourth-order valence-corrected chi connectivity index (χ4v) is 1.20. The van der Waals surface area contributed by atoms with E-state index in [2.05, 4.69) is 10.6 Å². The number of rotatable bonds is 6. The monoisotopic (exact) mass is 234 g/mol. The molecule has 15 heavy (non-hydrogen) atoms. The zero-order chi connectivity index (χ0) is 11.7. The molecule has 1 unspecified atom stereocenters. The number of methoxy groups -OCH3 is 1. The van der Waals surface area contributed by atoms with Gasteiger partial charge in [0, 0.05) is 13.2 Å². The highest BCUT2D eigenvalue weighted by Gasteiger charge is 2.05. The molecule has 0 aliphatic carbocycles. The fourth-order valence-electron chi connectivity index (χ4n) is 0.931. The highest BCUT2D eigenvalue weighted by Crippen LogP contribution is 1.82. The molecule has 0 aromatic carbocycles. The average Bonchev–Trinajstić information content (AvgIpc) is 2.15. The van der Waals surface area contributed by atoms with Crippen molar-refractivity contribution in [2.75, 3.05) is 26.9 Å². The van der Waals surface area contributed by atoms with Gasteiger partial charge < -0.3 is 20.1 Å². The molecule has 5 nitrogen and oxygen atoms in total. The summed E-state index contributed by atoms with van der Waals surface area (Å²) >= 11 is 4.96. The van der Waals surface area contributed by atoms with E-state index in [4.69, 9.17) is 21.7 Å². The van der Waals surface area contributed by atoms with Crippen LogP contribution in [0.5, 0.6) is 0 Å². The number of thiocarbonyl (C=S) groups is 1. The molecular weight excluding hydrogens is 216 g/mol. The molecule has 0 saturated heterocycles. The molecule has 1 atom stereocenters. The molecule has 6 heteroatoms. The first-order valence-corrected chi connectivity index (χ1v) is 5.19. The number of carbonyl (C=O) groups is 1. The molecular formula is C9H18N2O3S. The van der Waals surface area contributed by atoms with Crippen LogP contribution in [0.25, 0.3) is 0 Å². The summed E-state index contributed by atoms with van der Waals surface area (Å²) in [5.74, 6) is -0.318. The number of ether oxygens (including phenoxy) is 2. The fraction of sp³-hybridized carbons (Fsp3) is 0.778. The predicted octanol–water partition coefficient (Wildman–Crippen LogP) is 0.0485. The van der Waals surface area contributed by atoms with E-state index in [1.807, 2.05) is 6.92 Å². The smallest absolute Gasteiger partial charge is 0.325 e. The first-order chi connectivity index (χ1) is 7.10. The number of nitrogens with one attached hydrogen (secondary N) is 2. The topological polar surface area (TPSA) is 59.6 Å². The Labute approximate surface area is 95.5 Å². The maximum Gasteiger partial charge on any atom is 0.325 e. The summed E-state index contributed by atoms with van der Waals surface area (Å²) in [6.07, 6.45) is 0. The number of esters is 1. The first-order valence-electron chi connectivity index (χ1n) is 4.79. The van der Waals surface area contributed by atoms with Gasteiger partial charge >= 0.3 is 5.97 Å². The normalized spacial score (nSPS) is 11.7. The summed E-state index contributed by atoms with van der Waals surface area (Å²) in [6, 6.07) is 0.109. The van der Waals surface area contributed by atoms with E-state index in [0.29, 0.717) is 18.3 Å². The molecule has 0 bridgehead atoms. The van der Waals surface area contributed by atoms with Crippen molar-refractivity contribution in [3.05, 3.63) is 0 Å². The summed E-state index contributed by atoms with van der Waals surface area (Å²) in [4.78, 5) is 11.0. The Morgan fingerprint density at radius 3 is 2.73 bits per heavy atom. The maximum atomic E-state index is 11.0. The van der Waals surface area contributed by atoms with E-state index >= 15 is 0 Å². The van der Waals surface area contributed by atoms with Gasteiger partial charge in [-0.1, -0.05) is 0 Å². The van der Waals surface area contributed by atoms with Gasteiger partial charge in [-0.3, -0.25) is 4.79 Å². The van der Waals surface area contributed by atoms with Crippen LogP contribution >= 0.6 is 12.2 Å². The molecule has 0 saturated carbocycles. The second kappa shape index (κ2) is 8.43. The molecule has 0 aromatic rings. The second-order valence-electron chi connectivity index (χ2n) is 2.99. The molecule has 0 spiro atoms. The van der Waals surface area contributed by atoms with Crippen molar-refractivity contribution in [2.45, 2.75) is 19.9 Å². The van der Waals surface area contributed by atoms with Gasteiger partial charge in [-0.2, -0.15) is 0 Å². The summed E-state index contributed by atoms with van der Waals surface area (Å²) in [5.41, 5.74) is 0. The van der Waals surface area contributed by atoms with Crippen molar-refractivity contribution in [1.82, 2.24) is 10.6 Å². The Morgan fingerprint density at radius 1 is 1.53 bits per heavy atom. The summed E-state index contributed by atoms with van der Waals surface area (Å²) in [7, 11) is 1.62. The second-order valence-corrected chi connectivity index (χ2v) is 3.40. The van der Waals surface area contributed by atoms with Crippen LogP contribution in [0.2, 0.25) is 0 Å². The van der Waals surface area contributed by atoms with Gasteiger partial charge in [0.25, 0.3) is 0 Å². The largest absolute Gasteiger partial charge is 0.465 e. The van der Waals surface area contributed by atoms with E-state index in [-0.39, 0.29) is 18.6 Å². The van der Waals surface area contributed by atoms with E-state index in [1.165, 1.54) is 0 Å². The van der Waals surface area contributed by atoms with Crippen LogP contribution in [-0.2, 0) is 14.3 Å². The summed E-state index contributed by atoms with van der Waals surface area (Å²) in [5, 5.41) is 6.14. The SMILES string of the molecule is CCOC(=O)CNC(=S)NC(C)COC. The lowest BCUT2D eigenvalue weighted by Gasteiger charge is -2.15. The Hall–Kier alpha value is -0.880. The van der Waals surface area contributed by atoms with Gasteiger partial charge in [-0.25, -0.2) is 0 Å². The third-order valence-electron chi connectivity index (χ3n) is 1.49. The molecule has 0 amide bonds. The average molecular weight is 234 g/mol. The van der Waals surface area contributed by atoms with Crippen LogP contribution in [-0.4, -0.2) is 44.0 Å². The molecule has 0 fully saturated rings. The minimum Gasteiger partial charge on any atom is -0.465 e. The molecule has 0 aliphatic rings. The van der Waals surface area contributed by atoms with Crippen LogP contribution in [0.1, 0.15) is 13.8 Å². The molecule has 88 valence electrons. The van der Waals surface area contributed by atoms with Crippen molar-refractivity contribution >= 4 is 23.3 Å². The standard InChI is InChI=1S/C9H18N2O3S/c1-4-14-8(12)5-10-9(15)11-7(2)6-13-3/h7H,4-6H2,1-3H3,(H2,10,11,15). The highest BCUT2D eigenvalue weighted by molar-refractivity contribution is 7.80. The lowest BCUT2D eigenvalue weighted by molar-refractivity contribution is -0.141. The molecule has 0 aromatic heterocycles. The van der Waals surface area contributed by atoms with Gasteiger partial charge in [-0.15, -0.1) is 0 Å². The Morgan fingerprint density at radius 2 is 2.20 bits per heavy atom. The summed E-state index contributed by atoms with van der Waals surface area (Å²) in [6.45, 7) is 4.71. The minimum atomic E-state index is -0.318. The zero-order valence-electron chi connectivity index (χ0n) is 9.33. The van der Waals surface area contributed by atoms with Gasteiger partial charge in [0.1, 0.15) is 6.54 Å². The van der Waals surface area contributed by atoms with Gasteiger partial charge in [0.2, 0.25) is 0 Å². The lowest BCUT2D eigenvalue weighted by Crippen LogP contribution is -2.44. The highest BCUT2D eigenvalue weighted by atomic mass is 32.1. The minimum absolute atomic E-state index is 0.0827. The molecule has 0 rings (SSSR count). The van der Waals surface area contributed by atoms with Gasteiger partial charge in [-0.05, 0) is 26.1 Å². The third-order valence-corrected chi connectivity index (χ3v) is 1.75. The molecule has 2 N–H and O–H groups in total. The number of hydrogen-bond donors (Lipinski definition) is 2. The van der Waals surface area contributed by atoms with E-state index in [1.54, 1.807) is 14.0 Å². The Bertz CT molecular complexity index is 212. The molecule has 0 aliphatic heterocycles. The number of carbonyl (C=O) groups excluding carboxylic acids is 1. The van der Waals surface area contributed by atoms with Crippen LogP contribution < -0.4 is 10.6 Å². The maximum absolute atomic E-state index is 11.0. The number of hydrogen-bond acceptors (Lipinski definition) is 4. The van der Waals surface area contributed by atoms with Crippen LogP contribution in [0, 0.1) is 0 Å². The Balaban J connectivity index is 3.61. The Kier molecular flexibility index (Phi) is 7.94. The van der Waals surface area contributed by atoms with Gasteiger partial charge in [0.15, 0.2) is 5.11 Å². The van der Waals surface area contributed by atoms with Crippen LogP contribution in [0.3, 0.4) is 0 Å².